The summed E-state index contributed by atoms with van der Waals surface area (Å²) < 4.78 is 12.5. The first-order chi connectivity index (χ1) is 11.7. The van der Waals surface area contributed by atoms with Gasteiger partial charge in [-0.1, -0.05) is 15.9 Å². The predicted molar refractivity (Wildman–Crippen MR) is 97.2 cm³/mol. The Morgan fingerprint density at radius 2 is 1.67 bits per heavy atom. The van der Waals surface area contributed by atoms with E-state index < -0.39 is 0 Å². The zero-order valence-electron chi connectivity index (χ0n) is 13.9. The molecule has 3 rings (SSSR count). The summed E-state index contributed by atoms with van der Waals surface area (Å²) in [6.07, 6.45) is 4.87. The Balaban J connectivity index is 1.54. The van der Waals surface area contributed by atoms with Crippen LogP contribution in [0.15, 0.2) is 28.7 Å². The lowest BCUT2D eigenvalue weighted by Crippen LogP contribution is -2.42. The van der Waals surface area contributed by atoms with Crippen molar-refractivity contribution >= 4 is 27.5 Å². The van der Waals surface area contributed by atoms with E-state index in [9.17, 15) is 4.79 Å². The van der Waals surface area contributed by atoms with Crippen LogP contribution in [0.25, 0.3) is 0 Å². The first-order valence-corrected chi connectivity index (χ1v) is 9.49. The third-order valence-electron chi connectivity index (χ3n) is 4.47. The number of nitrogens with one attached hydrogen (secondary N) is 1. The minimum absolute atomic E-state index is 0.00770. The van der Waals surface area contributed by atoms with Crippen molar-refractivity contribution in [1.29, 1.82) is 0 Å². The van der Waals surface area contributed by atoms with Crippen molar-refractivity contribution in [1.82, 2.24) is 4.90 Å². The smallest absolute Gasteiger partial charge is 0.238 e. The number of hydrogen-bond donors (Lipinski definition) is 1. The van der Waals surface area contributed by atoms with E-state index >= 15 is 0 Å². The summed E-state index contributed by atoms with van der Waals surface area (Å²) in [5.74, 6) is 0.00770. The van der Waals surface area contributed by atoms with Crippen LogP contribution in [0.4, 0.5) is 5.69 Å². The molecule has 0 bridgehead atoms. The van der Waals surface area contributed by atoms with Gasteiger partial charge in [-0.25, -0.2) is 0 Å². The van der Waals surface area contributed by atoms with Gasteiger partial charge in [-0.15, -0.1) is 0 Å². The summed E-state index contributed by atoms with van der Waals surface area (Å²) in [7, 11) is 0. The van der Waals surface area contributed by atoms with Gasteiger partial charge in [0.05, 0.1) is 18.8 Å². The van der Waals surface area contributed by atoms with E-state index in [1.807, 2.05) is 24.3 Å². The van der Waals surface area contributed by atoms with Crippen molar-refractivity contribution in [3.63, 3.8) is 0 Å². The van der Waals surface area contributed by atoms with Crippen LogP contribution >= 0.6 is 15.9 Å². The Kier molecular flexibility index (Phi) is 6.66. The molecule has 132 valence electrons. The monoisotopic (exact) mass is 396 g/mol. The number of carbonyl (C=O) groups is 1. The van der Waals surface area contributed by atoms with Crippen LogP contribution in [-0.4, -0.2) is 55.9 Å². The fourth-order valence-corrected chi connectivity index (χ4v) is 3.56. The zero-order chi connectivity index (χ0) is 16.8. The van der Waals surface area contributed by atoms with Gasteiger partial charge in [-0.05, 0) is 49.9 Å². The van der Waals surface area contributed by atoms with E-state index in [1.54, 1.807) is 0 Å². The molecule has 2 unspecified atom stereocenters. The molecule has 0 aromatic heterocycles. The molecule has 1 amide bonds. The summed E-state index contributed by atoms with van der Waals surface area (Å²) in [6.45, 7) is 3.64. The first kappa shape index (κ1) is 17.9. The van der Waals surface area contributed by atoms with Crippen molar-refractivity contribution in [3.05, 3.63) is 28.7 Å². The molecule has 1 N–H and O–H groups in total. The van der Waals surface area contributed by atoms with Gasteiger partial charge in [-0.2, -0.15) is 0 Å². The number of nitrogens with zero attached hydrogens (tertiary/aromatic N) is 1. The number of carbonyl (C=O) groups excluding carboxylic acids is 1. The van der Waals surface area contributed by atoms with Crippen LogP contribution in [0.3, 0.4) is 0 Å². The highest BCUT2D eigenvalue weighted by Gasteiger charge is 2.25. The number of amides is 1. The molecule has 2 aliphatic rings. The zero-order valence-corrected chi connectivity index (χ0v) is 15.5. The van der Waals surface area contributed by atoms with Crippen LogP contribution in [-0.2, 0) is 14.3 Å². The van der Waals surface area contributed by atoms with Gasteiger partial charge in [0.2, 0.25) is 5.91 Å². The second-order valence-electron chi connectivity index (χ2n) is 6.52. The summed E-state index contributed by atoms with van der Waals surface area (Å²) >= 11 is 3.40. The van der Waals surface area contributed by atoms with Crippen LogP contribution in [0.5, 0.6) is 0 Å². The molecule has 2 heterocycles. The maximum Gasteiger partial charge on any atom is 0.238 e. The van der Waals surface area contributed by atoms with Crippen molar-refractivity contribution in [2.75, 3.05) is 38.2 Å². The van der Waals surface area contributed by atoms with Gasteiger partial charge in [0, 0.05) is 36.5 Å². The molecule has 0 spiro atoms. The Labute approximate surface area is 151 Å². The topological polar surface area (TPSA) is 50.8 Å². The summed E-state index contributed by atoms with van der Waals surface area (Å²) in [6, 6.07) is 7.64. The van der Waals surface area contributed by atoms with E-state index in [1.165, 1.54) is 0 Å². The van der Waals surface area contributed by atoms with Gasteiger partial charge in [0.1, 0.15) is 0 Å². The lowest BCUT2D eigenvalue weighted by atomic mass is 10.2. The first-order valence-electron chi connectivity index (χ1n) is 8.70. The fraction of sp³-hybridized carbons (Fsp3) is 0.611. The molecule has 0 radical (unpaired) electrons. The highest BCUT2D eigenvalue weighted by atomic mass is 79.9. The van der Waals surface area contributed by atoms with E-state index in [4.69, 9.17) is 9.47 Å². The SMILES string of the molecule is O=C(CN(CC1CCCO1)CC1CCCO1)Nc1ccc(Br)cc1. The molecule has 0 saturated carbocycles. The maximum absolute atomic E-state index is 12.4. The lowest BCUT2D eigenvalue weighted by molar-refractivity contribution is -0.118. The Hall–Kier alpha value is -0.950. The maximum atomic E-state index is 12.4. The van der Waals surface area contributed by atoms with E-state index in [-0.39, 0.29) is 18.1 Å². The summed E-state index contributed by atoms with van der Waals surface area (Å²) in [5.41, 5.74) is 0.817. The van der Waals surface area contributed by atoms with E-state index in [0.717, 1.165) is 62.1 Å². The molecule has 1 aromatic carbocycles. The standard InChI is InChI=1S/C18H25BrN2O3/c19-14-5-7-15(8-6-14)20-18(22)13-21(11-16-3-1-9-23-16)12-17-4-2-10-24-17/h5-8,16-17H,1-4,9-13H2,(H,20,22). The third-order valence-corrected chi connectivity index (χ3v) is 5.00. The van der Waals surface area contributed by atoms with Crippen LogP contribution in [0.1, 0.15) is 25.7 Å². The molecule has 2 aliphatic heterocycles. The van der Waals surface area contributed by atoms with Gasteiger partial charge in [0.15, 0.2) is 0 Å². The largest absolute Gasteiger partial charge is 0.377 e. The van der Waals surface area contributed by atoms with Crippen LogP contribution in [0, 0.1) is 0 Å². The van der Waals surface area contributed by atoms with E-state index in [0.29, 0.717) is 6.54 Å². The summed E-state index contributed by atoms with van der Waals surface area (Å²) in [4.78, 5) is 14.6. The highest BCUT2D eigenvalue weighted by molar-refractivity contribution is 9.10. The minimum atomic E-state index is 0.00770. The molecule has 2 atom stereocenters. The second-order valence-corrected chi connectivity index (χ2v) is 7.43. The third kappa shape index (κ3) is 5.55. The Bertz CT molecular complexity index is 508. The highest BCUT2D eigenvalue weighted by Crippen LogP contribution is 2.18. The molecule has 6 heteroatoms. The van der Waals surface area contributed by atoms with Crippen LogP contribution < -0.4 is 5.32 Å². The average Bonchev–Trinajstić information content (AvgIpc) is 3.23. The van der Waals surface area contributed by atoms with Gasteiger partial charge in [-0.3, -0.25) is 9.69 Å². The van der Waals surface area contributed by atoms with Crippen molar-refractivity contribution in [2.24, 2.45) is 0 Å². The van der Waals surface area contributed by atoms with Crippen molar-refractivity contribution in [3.8, 4) is 0 Å². The number of ether oxygens (including phenoxy) is 2. The fourth-order valence-electron chi connectivity index (χ4n) is 3.29. The molecule has 1 aromatic rings. The predicted octanol–water partition coefficient (Wildman–Crippen LogP) is 3.05. The van der Waals surface area contributed by atoms with E-state index in [2.05, 4.69) is 26.1 Å². The molecular formula is C18H25BrN2O3. The van der Waals surface area contributed by atoms with Crippen LogP contribution in [0.2, 0.25) is 0 Å². The number of anilines is 1. The van der Waals surface area contributed by atoms with Crippen molar-refractivity contribution < 1.29 is 14.3 Å². The Morgan fingerprint density at radius 3 is 2.17 bits per heavy atom. The normalized spacial score (nSPS) is 23.8. The van der Waals surface area contributed by atoms with Gasteiger partial charge >= 0.3 is 0 Å². The number of benzene rings is 1. The number of halogens is 1. The lowest BCUT2D eigenvalue weighted by Gasteiger charge is -2.27. The average molecular weight is 397 g/mol. The molecule has 2 saturated heterocycles. The second kappa shape index (κ2) is 8.94. The molecule has 2 fully saturated rings. The molecule has 0 aliphatic carbocycles. The molecule has 5 nitrogen and oxygen atoms in total. The van der Waals surface area contributed by atoms with Gasteiger partial charge in [0.25, 0.3) is 0 Å². The summed E-state index contributed by atoms with van der Waals surface area (Å²) in [5, 5.41) is 2.97. The number of hydrogen-bond acceptors (Lipinski definition) is 4. The quantitative estimate of drug-likeness (QED) is 0.769. The minimum Gasteiger partial charge on any atom is -0.377 e. The number of rotatable bonds is 7. The van der Waals surface area contributed by atoms with Gasteiger partial charge < -0.3 is 14.8 Å². The Morgan fingerprint density at radius 1 is 1.08 bits per heavy atom. The van der Waals surface area contributed by atoms with Crippen molar-refractivity contribution in [2.45, 2.75) is 37.9 Å². The molecule has 24 heavy (non-hydrogen) atoms. The molecular weight excluding hydrogens is 372 g/mol.